The summed E-state index contributed by atoms with van der Waals surface area (Å²) in [6.45, 7) is -0.199. The minimum atomic E-state index is -4.84. The van der Waals surface area contributed by atoms with Gasteiger partial charge in [0.15, 0.2) is 5.75 Å². The van der Waals surface area contributed by atoms with Crippen molar-refractivity contribution in [2.24, 2.45) is 0 Å². The highest BCUT2D eigenvalue weighted by Crippen LogP contribution is 2.33. The van der Waals surface area contributed by atoms with Crippen molar-refractivity contribution in [1.82, 2.24) is 19.8 Å². The van der Waals surface area contributed by atoms with Crippen LogP contribution in [0.3, 0.4) is 0 Å². The molecule has 3 rings (SSSR count). The van der Waals surface area contributed by atoms with E-state index in [1.165, 1.54) is 42.4 Å². The number of hydrogen-bond acceptors (Lipinski definition) is 6. The van der Waals surface area contributed by atoms with Crippen molar-refractivity contribution in [3.05, 3.63) is 64.2 Å². The van der Waals surface area contributed by atoms with Crippen LogP contribution in [0.5, 0.6) is 11.5 Å². The molecule has 1 aromatic heterocycles. The molecular weight excluding hydrogens is 464 g/mol. The molecule has 0 fully saturated rings. The number of phenolic OH excluding ortho intramolecular Hbond substituents is 1. The molecule has 0 aliphatic heterocycles. The highest BCUT2D eigenvalue weighted by atomic mass is 35.5. The molecule has 13 heteroatoms. The van der Waals surface area contributed by atoms with Crippen molar-refractivity contribution < 1.29 is 32.6 Å². The summed E-state index contributed by atoms with van der Waals surface area (Å²) < 4.78 is 42.3. The summed E-state index contributed by atoms with van der Waals surface area (Å²) >= 11 is 11.8. The maximum atomic E-state index is 12.7. The van der Waals surface area contributed by atoms with E-state index in [1.807, 2.05) is 0 Å². The number of amides is 1. The van der Waals surface area contributed by atoms with Gasteiger partial charge in [-0.25, -0.2) is 14.7 Å². The maximum Gasteiger partial charge on any atom is 0.573 e. The lowest BCUT2D eigenvalue weighted by atomic mass is 10.2. The lowest BCUT2D eigenvalue weighted by Crippen LogP contribution is -2.30. The number of benzene rings is 2. The average molecular weight is 477 g/mol. The molecule has 8 nitrogen and oxygen atoms in total. The molecule has 0 atom stereocenters. The molecular formula is C18H13Cl2F3N4O4. The number of hydrogen-bond donors (Lipinski definition) is 1. The molecule has 2 aromatic carbocycles. The fourth-order valence-corrected chi connectivity index (χ4v) is 2.98. The first-order chi connectivity index (χ1) is 14.6. The third-order valence-corrected chi connectivity index (χ3v) is 4.43. The summed E-state index contributed by atoms with van der Waals surface area (Å²) in [6, 6.07) is 7.83. The number of halogens is 5. The van der Waals surface area contributed by atoms with Gasteiger partial charge in [0, 0.05) is 0 Å². The molecule has 0 spiro atoms. The lowest BCUT2D eigenvalue weighted by molar-refractivity contribution is -0.274. The van der Waals surface area contributed by atoms with Crippen molar-refractivity contribution >= 4 is 29.1 Å². The van der Waals surface area contributed by atoms with Crippen LogP contribution < -0.4 is 4.74 Å². The van der Waals surface area contributed by atoms with E-state index in [2.05, 4.69) is 14.8 Å². The number of phenols is 1. The smallest absolute Gasteiger partial charge is 0.505 e. The summed E-state index contributed by atoms with van der Waals surface area (Å²) in [4.78, 5) is 21.6. The van der Waals surface area contributed by atoms with Crippen LogP contribution in [0.2, 0.25) is 10.0 Å². The Morgan fingerprint density at radius 2 is 1.90 bits per heavy atom. The van der Waals surface area contributed by atoms with E-state index in [0.717, 1.165) is 17.2 Å². The van der Waals surface area contributed by atoms with Gasteiger partial charge < -0.3 is 9.84 Å². The normalized spacial score (nSPS) is 11.4. The standard InChI is InChI=1S/C18H13Cl2F3N4O4/c1-30-27(8-10-3-2-4-12(5-10)31-18(21,22)23)17(29)16-24-9-26(25-16)11-6-13(19)15(28)14(20)7-11/h2-7,9,28H,8H2,1H3. The Kier molecular flexibility index (Phi) is 6.58. The van der Waals surface area contributed by atoms with Crippen LogP contribution in [-0.4, -0.2) is 44.3 Å². The summed E-state index contributed by atoms with van der Waals surface area (Å²) in [5, 5.41) is 14.5. The second kappa shape index (κ2) is 9.00. The molecule has 31 heavy (non-hydrogen) atoms. The van der Waals surface area contributed by atoms with E-state index in [1.54, 1.807) is 0 Å². The molecule has 1 heterocycles. The van der Waals surface area contributed by atoms with Gasteiger partial charge in [-0.2, -0.15) is 0 Å². The van der Waals surface area contributed by atoms with Crippen LogP contribution in [0.15, 0.2) is 42.7 Å². The zero-order chi connectivity index (χ0) is 22.8. The fraction of sp³-hybridized carbons (Fsp3) is 0.167. The Bertz CT molecular complexity index is 1080. The number of carbonyl (C=O) groups excluding carboxylic acids is 1. The zero-order valence-corrected chi connectivity index (χ0v) is 17.1. The number of nitrogens with zero attached hydrogens (tertiary/aromatic N) is 4. The van der Waals surface area contributed by atoms with E-state index >= 15 is 0 Å². The number of alkyl halides is 3. The van der Waals surface area contributed by atoms with Crippen LogP contribution in [0.25, 0.3) is 5.69 Å². The average Bonchev–Trinajstić information content (AvgIpc) is 3.18. The predicted octanol–water partition coefficient (Wildman–Crippen LogP) is 4.38. The Morgan fingerprint density at radius 3 is 2.52 bits per heavy atom. The Morgan fingerprint density at radius 1 is 1.23 bits per heavy atom. The fourth-order valence-electron chi connectivity index (χ4n) is 2.51. The van der Waals surface area contributed by atoms with Gasteiger partial charge >= 0.3 is 12.3 Å². The van der Waals surface area contributed by atoms with Gasteiger partial charge in [-0.15, -0.1) is 18.3 Å². The van der Waals surface area contributed by atoms with Crippen LogP contribution in [0, 0.1) is 0 Å². The first-order valence-corrected chi connectivity index (χ1v) is 9.13. The number of carbonyl (C=O) groups is 1. The predicted molar refractivity (Wildman–Crippen MR) is 103 cm³/mol. The van der Waals surface area contributed by atoms with Crippen molar-refractivity contribution in [1.29, 1.82) is 0 Å². The number of rotatable bonds is 6. The highest BCUT2D eigenvalue weighted by molar-refractivity contribution is 6.37. The molecule has 1 N–H and O–H groups in total. The Hall–Kier alpha value is -3.02. The van der Waals surface area contributed by atoms with Crippen molar-refractivity contribution in [3.8, 4) is 17.2 Å². The van der Waals surface area contributed by atoms with Crippen LogP contribution in [-0.2, 0) is 11.4 Å². The van der Waals surface area contributed by atoms with Gasteiger partial charge in [-0.05, 0) is 29.8 Å². The van der Waals surface area contributed by atoms with Gasteiger partial charge in [0.25, 0.3) is 0 Å². The monoisotopic (exact) mass is 476 g/mol. The van der Waals surface area contributed by atoms with E-state index < -0.39 is 18.0 Å². The topological polar surface area (TPSA) is 89.7 Å². The summed E-state index contributed by atoms with van der Waals surface area (Å²) in [7, 11) is 1.21. The number of aromatic hydroxyl groups is 1. The van der Waals surface area contributed by atoms with E-state index in [4.69, 9.17) is 28.0 Å². The Balaban J connectivity index is 1.78. The first-order valence-electron chi connectivity index (χ1n) is 8.38. The van der Waals surface area contributed by atoms with Gasteiger partial charge in [0.2, 0.25) is 5.82 Å². The van der Waals surface area contributed by atoms with Crippen LogP contribution in [0.1, 0.15) is 16.2 Å². The number of ether oxygens (including phenoxy) is 1. The summed E-state index contributed by atoms with van der Waals surface area (Å²) in [5.74, 6) is -1.74. The van der Waals surface area contributed by atoms with E-state index in [-0.39, 0.29) is 28.2 Å². The maximum absolute atomic E-state index is 12.7. The molecule has 3 aromatic rings. The number of aromatic nitrogens is 3. The third kappa shape index (κ3) is 5.57. The summed E-state index contributed by atoms with van der Waals surface area (Å²) in [5.41, 5.74) is 0.647. The zero-order valence-electron chi connectivity index (χ0n) is 15.6. The van der Waals surface area contributed by atoms with Gasteiger partial charge in [0.1, 0.15) is 12.1 Å². The van der Waals surface area contributed by atoms with E-state index in [9.17, 15) is 23.1 Å². The SMILES string of the molecule is CON(Cc1cccc(OC(F)(F)F)c1)C(=O)c1ncn(-c2cc(Cl)c(O)c(Cl)c2)n1. The van der Waals surface area contributed by atoms with Crippen molar-refractivity contribution in [2.75, 3.05) is 7.11 Å². The van der Waals surface area contributed by atoms with Gasteiger partial charge in [-0.3, -0.25) is 9.63 Å². The second-order valence-corrected chi connectivity index (χ2v) is 6.80. The van der Waals surface area contributed by atoms with Gasteiger partial charge in [0.05, 0.1) is 29.4 Å². The lowest BCUT2D eigenvalue weighted by Gasteiger charge is -2.18. The van der Waals surface area contributed by atoms with Crippen LogP contribution in [0.4, 0.5) is 13.2 Å². The van der Waals surface area contributed by atoms with Gasteiger partial charge in [-0.1, -0.05) is 35.3 Å². The number of hydroxylamine groups is 2. The molecule has 0 aliphatic carbocycles. The van der Waals surface area contributed by atoms with E-state index in [0.29, 0.717) is 11.3 Å². The molecule has 0 unspecified atom stereocenters. The third-order valence-electron chi connectivity index (χ3n) is 3.85. The molecule has 164 valence electrons. The minimum absolute atomic E-state index is 0.0228. The van der Waals surface area contributed by atoms with Crippen LogP contribution >= 0.6 is 23.2 Å². The first kappa shape index (κ1) is 22.7. The second-order valence-electron chi connectivity index (χ2n) is 5.99. The molecule has 0 bridgehead atoms. The highest BCUT2D eigenvalue weighted by Gasteiger charge is 2.31. The largest absolute Gasteiger partial charge is 0.573 e. The molecule has 0 aliphatic rings. The molecule has 0 radical (unpaired) electrons. The quantitative estimate of drug-likeness (QED) is 0.531. The summed E-state index contributed by atoms with van der Waals surface area (Å²) in [6.07, 6.45) is -3.62. The van der Waals surface area contributed by atoms with Crippen molar-refractivity contribution in [2.45, 2.75) is 12.9 Å². The molecule has 1 amide bonds. The van der Waals surface area contributed by atoms with Crippen molar-refractivity contribution in [3.63, 3.8) is 0 Å². The minimum Gasteiger partial charge on any atom is -0.505 e. The Labute approximate surface area is 183 Å². The molecule has 0 saturated carbocycles. The molecule has 0 saturated heterocycles.